The molecule has 3 N–H and O–H groups in total. The smallest absolute Gasteiger partial charge is 0.0834 e. The van der Waals surface area contributed by atoms with Crippen molar-refractivity contribution < 1.29 is 0 Å². The van der Waals surface area contributed by atoms with E-state index in [0.717, 1.165) is 11.6 Å². The van der Waals surface area contributed by atoms with Crippen LogP contribution in [0.4, 0.5) is 0 Å². The topological polar surface area (TPSA) is 55.9 Å². The predicted octanol–water partition coefficient (Wildman–Crippen LogP) is 2.67. The minimum absolute atomic E-state index is 0.0832. The SMILES string of the molecule is CC(C1CC1)C(NN)c1c(Cl)cnn1C(C)C. The van der Waals surface area contributed by atoms with Crippen LogP contribution in [0.2, 0.25) is 5.02 Å². The first kappa shape index (κ1) is 12.9. The molecule has 0 radical (unpaired) electrons. The van der Waals surface area contributed by atoms with E-state index in [9.17, 15) is 0 Å². The van der Waals surface area contributed by atoms with Crippen LogP contribution in [0.3, 0.4) is 0 Å². The van der Waals surface area contributed by atoms with Crippen molar-refractivity contribution in [3.8, 4) is 0 Å². The number of hydrogen-bond acceptors (Lipinski definition) is 3. The molecule has 1 aromatic heterocycles. The molecule has 0 spiro atoms. The molecule has 1 heterocycles. The highest BCUT2D eigenvalue weighted by Crippen LogP contribution is 2.43. The van der Waals surface area contributed by atoms with Crippen molar-refractivity contribution in [2.24, 2.45) is 17.7 Å². The summed E-state index contributed by atoms with van der Waals surface area (Å²) in [5.41, 5.74) is 3.93. The molecule has 0 aliphatic heterocycles. The highest BCUT2D eigenvalue weighted by molar-refractivity contribution is 6.31. The van der Waals surface area contributed by atoms with E-state index in [4.69, 9.17) is 17.4 Å². The molecule has 2 atom stereocenters. The molecule has 96 valence electrons. The monoisotopic (exact) mass is 256 g/mol. The maximum atomic E-state index is 6.25. The average molecular weight is 257 g/mol. The fraction of sp³-hybridized carbons (Fsp3) is 0.750. The second kappa shape index (κ2) is 4.96. The van der Waals surface area contributed by atoms with Crippen molar-refractivity contribution in [1.82, 2.24) is 15.2 Å². The van der Waals surface area contributed by atoms with Crippen LogP contribution in [0, 0.1) is 11.8 Å². The molecule has 1 saturated carbocycles. The van der Waals surface area contributed by atoms with Crippen molar-refractivity contribution in [3.63, 3.8) is 0 Å². The summed E-state index contributed by atoms with van der Waals surface area (Å²) in [6.45, 7) is 6.43. The van der Waals surface area contributed by atoms with Crippen molar-refractivity contribution in [1.29, 1.82) is 0 Å². The first-order valence-electron chi connectivity index (χ1n) is 6.25. The second-order valence-electron chi connectivity index (χ2n) is 5.26. The number of hydrazine groups is 1. The molecule has 4 nitrogen and oxygen atoms in total. The van der Waals surface area contributed by atoms with Gasteiger partial charge in [0.25, 0.3) is 0 Å². The summed E-state index contributed by atoms with van der Waals surface area (Å²) >= 11 is 6.25. The van der Waals surface area contributed by atoms with E-state index in [2.05, 4.69) is 31.3 Å². The molecule has 0 amide bonds. The van der Waals surface area contributed by atoms with E-state index in [-0.39, 0.29) is 6.04 Å². The van der Waals surface area contributed by atoms with Crippen LogP contribution in [0.25, 0.3) is 0 Å². The van der Waals surface area contributed by atoms with Gasteiger partial charge in [0.05, 0.1) is 23.0 Å². The van der Waals surface area contributed by atoms with Crippen molar-refractivity contribution in [3.05, 3.63) is 16.9 Å². The number of aromatic nitrogens is 2. The molecular weight excluding hydrogens is 236 g/mol. The van der Waals surface area contributed by atoms with Gasteiger partial charge in [-0.3, -0.25) is 16.0 Å². The third-order valence-corrected chi connectivity index (χ3v) is 3.93. The normalized spacial score (nSPS) is 19.6. The number of nitrogens with one attached hydrogen (secondary N) is 1. The van der Waals surface area contributed by atoms with Crippen LogP contribution in [-0.2, 0) is 0 Å². The van der Waals surface area contributed by atoms with E-state index in [1.54, 1.807) is 6.20 Å². The zero-order valence-corrected chi connectivity index (χ0v) is 11.4. The average Bonchev–Trinajstić information content (AvgIpc) is 3.05. The first-order chi connectivity index (χ1) is 8.06. The lowest BCUT2D eigenvalue weighted by atomic mass is 9.94. The number of hydrogen-bond donors (Lipinski definition) is 2. The van der Waals surface area contributed by atoms with Crippen molar-refractivity contribution in [2.75, 3.05) is 0 Å². The number of nitrogens with zero attached hydrogens (tertiary/aromatic N) is 2. The van der Waals surface area contributed by atoms with Gasteiger partial charge in [-0.1, -0.05) is 18.5 Å². The molecular formula is C12H21ClN4. The van der Waals surface area contributed by atoms with Crippen molar-refractivity contribution in [2.45, 2.75) is 45.7 Å². The Morgan fingerprint density at radius 1 is 1.47 bits per heavy atom. The Morgan fingerprint density at radius 2 is 2.12 bits per heavy atom. The Morgan fingerprint density at radius 3 is 2.59 bits per heavy atom. The van der Waals surface area contributed by atoms with E-state index < -0.39 is 0 Å². The summed E-state index contributed by atoms with van der Waals surface area (Å²) in [6, 6.07) is 0.375. The molecule has 17 heavy (non-hydrogen) atoms. The molecule has 0 aromatic carbocycles. The summed E-state index contributed by atoms with van der Waals surface area (Å²) in [4.78, 5) is 0. The Hall–Kier alpha value is -0.580. The van der Waals surface area contributed by atoms with E-state index in [0.29, 0.717) is 17.0 Å². The van der Waals surface area contributed by atoms with Crippen LogP contribution < -0.4 is 11.3 Å². The van der Waals surface area contributed by atoms with E-state index >= 15 is 0 Å². The zero-order valence-electron chi connectivity index (χ0n) is 10.7. The van der Waals surface area contributed by atoms with Crippen LogP contribution in [0.15, 0.2) is 6.20 Å². The van der Waals surface area contributed by atoms with Gasteiger partial charge in [0, 0.05) is 6.04 Å². The quantitative estimate of drug-likeness (QED) is 0.629. The van der Waals surface area contributed by atoms with Crippen molar-refractivity contribution >= 4 is 11.6 Å². The Labute approximate surface area is 107 Å². The van der Waals surface area contributed by atoms with Crippen LogP contribution in [0.1, 0.15) is 51.4 Å². The second-order valence-corrected chi connectivity index (χ2v) is 5.66. The molecule has 1 aliphatic carbocycles. The molecule has 2 rings (SSSR count). The minimum atomic E-state index is 0.0832. The Balaban J connectivity index is 2.31. The standard InChI is InChI=1S/C12H21ClN4/c1-7(2)17-12(10(13)6-15-17)11(16-14)8(3)9-4-5-9/h6-9,11,16H,4-5,14H2,1-3H3. The summed E-state index contributed by atoms with van der Waals surface area (Å²) < 4.78 is 1.96. The number of halogens is 1. The summed E-state index contributed by atoms with van der Waals surface area (Å²) in [5, 5.41) is 5.04. The van der Waals surface area contributed by atoms with Crippen LogP contribution >= 0.6 is 11.6 Å². The Kier molecular flexibility index (Phi) is 3.76. The number of nitrogens with two attached hydrogens (primary N) is 1. The highest BCUT2D eigenvalue weighted by atomic mass is 35.5. The lowest BCUT2D eigenvalue weighted by molar-refractivity contribution is 0.326. The van der Waals surface area contributed by atoms with Crippen LogP contribution in [0.5, 0.6) is 0 Å². The Bertz CT molecular complexity index is 384. The maximum absolute atomic E-state index is 6.25. The predicted molar refractivity (Wildman–Crippen MR) is 69.6 cm³/mol. The van der Waals surface area contributed by atoms with E-state index in [1.807, 2.05) is 4.68 Å². The maximum Gasteiger partial charge on any atom is 0.0834 e. The zero-order chi connectivity index (χ0) is 12.6. The van der Waals surface area contributed by atoms with Gasteiger partial charge in [-0.05, 0) is 38.5 Å². The van der Waals surface area contributed by atoms with E-state index in [1.165, 1.54) is 12.8 Å². The molecule has 1 aromatic rings. The fourth-order valence-electron chi connectivity index (χ4n) is 2.43. The summed E-state index contributed by atoms with van der Waals surface area (Å²) in [5.74, 6) is 6.98. The third-order valence-electron chi connectivity index (χ3n) is 3.64. The first-order valence-corrected chi connectivity index (χ1v) is 6.63. The minimum Gasteiger partial charge on any atom is -0.271 e. The van der Waals surface area contributed by atoms with Gasteiger partial charge in [0.1, 0.15) is 0 Å². The molecule has 1 aliphatic rings. The lowest BCUT2D eigenvalue weighted by Crippen LogP contribution is -2.35. The molecule has 5 heteroatoms. The molecule has 0 saturated heterocycles. The molecule has 0 bridgehead atoms. The van der Waals surface area contributed by atoms with Gasteiger partial charge in [-0.25, -0.2) is 0 Å². The van der Waals surface area contributed by atoms with Gasteiger partial charge in [-0.15, -0.1) is 0 Å². The third kappa shape index (κ3) is 2.49. The van der Waals surface area contributed by atoms with Gasteiger partial charge >= 0.3 is 0 Å². The largest absolute Gasteiger partial charge is 0.271 e. The molecule has 1 fully saturated rings. The summed E-state index contributed by atoms with van der Waals surface area (Å²) in [7, 11) is 0. The lowest BCUT2D eigenvalue weighted by Gasteiger charge is -2.25. The van der Waals surface area contributed by atoms with Gasteiger partial charge in [-0.2, -0.15) is 5.10 Å². The summed E-state index contributed by atoms with van der Waals surface area (Å²) in [6.07, 6.45) is 4.31. The van der Waals surface area contributed by atoms with Gasteiger partial charge in [0.15, 0.2) is 0 Å². The fourth-order valence-corrected chi connectivity index (χ4v) is 2.67. The van der Waals surface area contributed by atoms with Gasteiger partial charge in [0.2, 0.25) is 0 Å². The highest BCUT2D eigenvalue weighted by Gasteiger charge is 2.36. The van der Waals surface area contributed by atoms with Gasteiger partial charge < -0.3 is 0 Å². The number of rotatable bonds is 5. The van der Waals surface area contributed by atoms with Crippen LogP contribution in [-0.4, -0.2) is 9.78 Å². The molecule has 2 unspecified atom stereocenters.